The van der Waals surface area contributed by atoms with E-state index in [1.54, 1.807) is 0 Å². The van der Waals surface area contributed by atoms with Gasteiger partial charge < -0.3 is 20.0 Å². The van der Waals surface area contributed by atoms with Crippen LogP contribution in [0, 0.1) is 11.8 Å². The van der Waals surface area contributed by atoms with Gasteiger partial charge in [0.1, 0.15) is 0 Å². The molecule has 0 spiro atoms. The van der Waals surface area contributed by atoms with Gasteiger partial charge in [0.25, 0.3) is 0 Å². The fourth-order valence-corrected chi connectivity index (χ4v) is 2.46. The molecule has 0 aromatic carbocycles. The van der Waals surface area contributed by atoms with Gasteiger partial charge in [-0.2, -0.15) is 0 Å². The average molecular weight is 270 g/mol. The van der Waals surface area contributed by atoms with Crippen molar-refractivity contribution < 1.29 is 19.4 Å². The van der Waals surface area contributed by atoms with E-state index in [1.807, 2.05) is 13.8 Å². The predicted octanol–water partition coefficient (Wildman–Crippen LogP) is 0.474. The van der Waals surface area contributed by atoms with Crippen molar-refractivity contribution in [2.75, 3.05) is 13.2 Å². The third kappa shape index (κ3) is 5.59. The van der Waals surface area contributed by atoms with Crippen molar-refractivity contribution in [3.05, 3.63) is 0 Å². The minimum atomic E-state index is -1.09. The number of carboxylic acid groups (broad SMARTS) is 1. The molecule has 0 aliphatic heterocycles. The Hall–Kier alpha value is -1.10. The van der Waals surface area contributed by atoms with Gasteiger partial charge in [0, 0.05) is 31.0 Å². The van der Waals surface area contributed by atoms with Crippen LogP contribution in [-0.2, 0) is 14.3 Å². The van der Waals surface area contributed by atoms with E-state index in [-0.39, 0.29) is 12.0 Å². The first-order valence-corrected chi connectivity index (χ1v) is 7.12. The van der Waals surface area contributed by atoms with Crippen LogP contribution in [-0.4, -0.2) is 31.1 Å². The molecule has 1 aliphatic carbocycles. The Morgan fingerprint density at radius 3 is 2.47 bits per heavy atom. The number of ether oxygens (including phenoxy) is 1. The number of rotatable bonds is 7. The lowest BCUT2D eigenvalue weighted by Gasteiger charge is -2.31. The van der Waals surface area contributed by atoms with Crippen LogP contribution in [0.15, 0.2) is 0 Å². The van der Waals surface area contributed by atoms with E-state index in [4.69, 9.17) is 4.74 Å². The molecule has 1 N–H and O–H groups in total. The average Bonchev–Trinajstić information content (AvgIpc) is 2.37. The molecule has 0 aromatic heterocycles. The maximum Gasteiger partial charge on any atom is 0.223 e. The topological polar surface area (TPSA) is 78.5 Å². The highest BCUT2D eigenvalue weighted by Crippen LogP contribution is 2.29. The van der Waals surface area contributed by atoms with Crippen molar-refractivity contribution in [1.29, 1.82) is 0 Å². The lowest BCUT2D eigenvalue weighted by Crippen LogP contribution is -2.44. The molecule has 1 aliphatic rings. The van der Waals surface area contributed by atoms with Crippen LogP contribution in [0.3, 0.4) is 0 Å². The zero-order valence-corrected chi connectivity index (χ0v) is 11.8. The number of hydrogen-bond acceptors (Lipinski definition) is 4. The normalized spacial score (nSPS) is 23.3. The molecule has 0 unspecified atom stereocenters. The van der Waals surface area contributed by atoms with E-state index in [2.05, 4.69) is 5.32 Å². The van der Waals surface area contributed by atoms with Gasteiger partial charge in [-0.15, -0.1) is 0 Å². The van der Waals surface area contributed by atoms with E-state index in [0.717, 1.165) is 19.3 Å². The summed E-state index contributed by atoms with van der Waals surface area (Å²) in [4.78, 5) is 23.0. The van der Waals surface area contributed by atoms with Gasteiger partial charge >= 0.3 is 0 Å². The molecule has 1 saturated carbocycles. The first-order valence-electron chi connectivity index (χ1n) is 7.12. The molecular weight excluding hydrogens is 246 g/mol. The van der Waals surface area contributed by atoms with Gasteiger partial charge in [-0.3, -0.25) is 4.79 Å². The minimum absolute atomic E-state index is 0.154. The molecular formula is C14H24NO4-. The number of aliphatic carboxylic acids is 1. The Morgan fingerprint density at radius 2 is 1.89 bits per heavy atom. The first-order chi connectivity index (χ1) is 9.02. The SMILES string of the molecule is CC(C)OCCCNC(=O)[C@@H]1CCCC[C@H]1C(=O)[O-]. The molecule has 5 heteroatoms. The van der Waals surface area contributed by atoms with Gasteiger partial charge in [-0.05, 0) is 33.1 Å². The number of carbonyl (C=O) groups excluding carboxylic acids is 2. The van der Waals surface area contributed by atoms with Gasteiger partial charge in [0.2, 0.25) is 5.91 Å². The Bertz CT molecular complexity index is 304. The van der Waals surface area contributed by atoms with Crippen LogP contribution >= 0.6 is 0 Å². The Kier molecular flexibility index (Phi) is 6.84. The second kappa shape index (κ2) is 8.15. The molecule has 19 heavy (non-hydrogen) atoms. The summed E-state index contributed by atoms with van der Waals surface area (Å²) in [6.07, 6.45) is 3.91. The standard InChI is InChI=1S/C14H25NO4/c1-10(2)19-9-5-8-15-13(16)11-6-3-4-7-12(11)14(17)18/h10-12H,3-9H2,1-2H3,(H,15,16)(H,17,18)/p-1/t11-,12-/m1/s1. The highest BCUT2D eigenvalue weighted by atomic mass is 16.5. The molecule has 5 nitrogen and oxygen atoms in total. The number of hydrogen-bond donors (Lipinski definition) is 1. The fraction of sp³-hybridized carbons (Fsp3) is 0.857. The second-order valence-electron chi connectivity index (χ2n) is 5.38. The lowest BCUT2D eigenvalue weighted by molar-refractivity contribution is -0.314. The van der Waals surface area contributed by atoms with Crippen molar-refractivity contribution in [1.82, 2.24) is 5.32 Å². The predicted molar refractivity (Wildman–Crippen MR) is 69.2 cm³/mol. The molecule has 1 rings (SSSR count). The van der Waals surface area contributed by atoms with E-state index >= 15 is 0 Å². The van der Waals surface area contributed by atoms with E-state index in [0.29, 0.717) is 26.0 Å². The van der Waals surface area contributed by atoms with Crippen LogP contribution in [0.2, 0.25) is 0 Å². The molecule has 2 atom stereocenters. The molecule has 0 bridgehead atoms. The summed E-state index contributed by atoms with van der Waals surface area (Å²) in [5, 5.41) is 13.8. The Labute approximate surface area is 114 Å². The Morgan fingerprint density at radius 1 is 1.26 bits per heavy atom. The Balaban J connectivity index is 2.29. The highest BCUT2D eigenvalue weighted by Gasteiger charge is 2.31. The largest absolute Gasteiger partial charge is 0.550 e. The molecule has 1 amide bonds. The third-order valence-corrected chi connectivity index (χ3v) is 3.48. The van der Waals surface area contributed by atoms with E-state index < -0.39 is 17.8 Å². The van der Waals surface area contributed by atoms with Crippen LogP contribution in [0.4, 0.5) is 0 Å². The monoisotopic (exact) mass is 270 g/mol. The summed E-state index contributed by atoms with van der Waals surface area (Å²) in [5.41, 5.74) is 0. The molecule has 0 saturated heterocycles. The van der Waals surface area contributed by atoms with Crippen LogP contribution in [0.25, 0.3) is 0 Å². The smallest absolute Gasteiger partial charge is 0.223 e. The summed E-state index contributed by atoms with van der Waals surface area (Å²) in [7, 11) is 0. The molecule has 0 aromatic rings. The maximum atomic E-state index is 12.0. The quantitative estimate of drug-likeness (QED) is 0.682. The van der Waals surface area contributed by atoms with E-state index in [9.17, 15) is 14.7 Å². The van der Waals surface area contributed by atoms with E-state index in [1.165, 1.54) is 0 Å². The van der Waals surface area contributed by atoms with Gasteiger partial charge in [-0.1, -0.05) is 12.8 Å². The third-order valence-electron chi connectivity index (χ3n) is 3.48. The number of carboxylic acids is 1. The summed E-state index contributed by atoms with van der Waals surface area (Å²) < 4.78 is 5.37. The van der Waals surface area contributed by atoms with Crippen molar-refractivity contribution in [3.8, 4) is 0 Å². The first kappa shape index (κ1) is 16.0. The summed E-state index contributed by atoms with van der Waals surface area (Å²) in [6, 6.07) is 0. The fourth-order valence-electron chi connectivity index (χ4n) is 2.46. The van der Waals surface area contributed by atoms with Crippen molar-refractivity contribution in [3.63, 3.8) is 0 Å². The lowest BCUT2D eigenvalue weighted by atomic mass is 9.79. The summed E-state index contributed by atoms with van der Waals surface area (Å²) >= 11 is 0. The van der Waals surface area contributed by atoms with Crippen molar-refractivity contribution >= 4 is 11.9 Å². The molecule has 110 valence electrons. The zero-order chi connectivity index (χ0) is 14.3. The maximum absolute atomic E-state index is 12.0. The highest BCUT2D eigenvalue weighted by molar-refractivity contribution is 5.84. The number of amides is 1. The van der Waals surface area contributed by atoms with Gasteiger partial charge in [-0.25, -0.2) is 0 Å². The number of nitrogens with one attached hydrogen (secondary N) is 1. The zero-order valence-electron chi connectivity index (χ0n) is 11.8. The molecule has 0 radical (unpaired) electrons. The van der Waals surface area contributed by atoms with Gasteiger partial charge in [0.05, 0.1) is 6.10 Å². The minimum Gasteiger partial charge on any atom is -0.550 e. The van der Waals surface area contributed by atoms with Crippen molar-refractivity contribution in [2.24, 2.45) is 11.8 Å². The van der Waals surface area contributed by atoms with Crippen LogP contribution in [0.5, 0.6) is 0 Å². The second-order valence-corrected chi connectivity index (χ2v) is 5.38. The van der Waals surface area contributed by atoms with Crippen LogP contribution in [0.1, 0.15) is 46.0 Å². The molecule has 0 heterocycles. The number of carbonyl (C=O) groups is 2. The molecule has 1 fully saturated rings. The van der Waals surface area contributed by atoms with Crippen LogP contribution < -0.4 is 10.4 Å². The van der Waals surface area contributed by atoms with Gasteiger partial charge in [0.15, 0.2) is 0 Å². The van der Waals surface area contributed by atoms with Crippen molar-refractivity contribution in [2.45, 2.75) is 52.1 Å². The summed E-state index contributed by atoms with van der Waals surface area (Å²) in [6.45, 7) is 5.06. The summed E-state index contributed by atoms with van der Waals surface area (Å²) in [5.74, 6) is -2.30.